The van der Waals surface area contributed by atoms with E-state index >= 15 is 0 Å². The third-order valence-corrected chi connectivity index (χ3v) is 8.80. The summed E-state index contributed by atoms with van der Waals surface area (Å²) in [6.45, 7) is 4.67. The van der Waals surface area contributed by atoms with Crippen LogP contribution in [0.2, 0.25) is 0 Å². The summed E-state index contributed by atoms with van der Waals surface area (Å²) in [6, 6.07) is 43.7. The van der Waals surface area contributed by atoms with E-state index in [0.717, 1.165) is 23.5 Å². The molecular weight excluding hydrogens is 496 g/mol. The Bertz CT molecular complexity index is 1810. The van der Waals surface area contributed by atoms with Crippen molar-refractivity contribution in [1.82, 2.24) is 0 Å². The van der Waals surface area contributed by atoms with Crippen molar-refractivity contribution >= 4 is 16.9 Å². The Morgan fingerprint density at radius 3 is 2.17 bits per heavy atom. The average Bonchev–Trinajstić information content (AvgIpc) is 3.24. The van der Waals surface area contributed by atoms with Gasteiger partial charge in [-0.3, -0.25) is 0 Å². The summed E-state index contributed by atoms with van der Waals surface area (Å²) in [7, 11) is 0. The van der Waals surface area contributed by atoms with Gasteiger partial charge in [0, 0.05) is 34.0 Å². The van der Waals surface area contributed by atoms with Crippen LogP contribution in [0.15, 0.2) is 139 Å². The second-order valence-electron chi connectivity index (χ2n) is 11.7. The molecule has 41 heavy (non-hydrogen) atoms. The van der Waals surface area contributed by atoms with Crippen LogP contribution in [-0.2, 0) is 5.41 Å². The molecule has 7 rings (SSSR count). The van der Waals surface area contributed by atoms with Gasteiger partial charge >= 0.3 is 0 Å². The fourth-order valence-electron chi connectivity index (χ4n) is 6.58. The molecule has 0 saturated carbocycles. The average molecular weight is 531 g/mol. The molecule has 2 nitrogen and oxygen atoms in total. The summed E-state index contributed by atoms with van der Waals surface area (Å²) in [6.07, 6.45) is 5.22. The molecule has 0 radical (unpaired) electrons. The number of rotatable bonds is 5. The normalized spacial score (nSPS) is 16.8. The van der Waals surface area contributed by atoms with E-state index in [2.05, 4.69) is 153 Å². The Labute approximate surface area is 242 Å². The minimum Gasteiger partial charge on any atom is -0.398 e. The van der Waals surface area contributed by atoms with Crippen LogP contribution in [0.5, 0.6) is 0 Å². The first-order valence-electron chi connectivity index (χ1n) is 14.4. The quantitative estimate of drug-likeness (QED) is 0.237. The topological polar surface area (TPSA) is 38.0 Å². The van der Waals surface area contributed by atoms with E-state index in [1.807, 2.05) is 0 Å². The standard InChI is InChI=1S/C39H34N2/c1-39(2)35-19-10-9-18-31(35)34-24-33(38(25-36(34)39)41-30-16-7-4-8-17-30)29-15-11-14-27(22-29)28-20-21-37(40)32(23-28)26-12-5-3-6-13-26/h3-22,24-25,28,41H,23,40H2,1-2H3. The van der Waals surface area contributed by atoms with Crippen LogP contribution >= 0.6 is 0 Å². The molecule has 0 fully saturated rings. The third kappa shape index (κ3) is 4.46. The Kier molecular flexibility index (Phi) is 6.12. The Balaban J connectivity index is 1.33. The van der Waals surface area contributed by atoms with Gasteiger partial charge in [-0.25, -0.2) is 0 Å². The molecule has 0 spiro atoms. The van der Waals surface area contributed by atoms with Crippen LogP contribution in [0.25, 0.3) is 27.8 Å². The molecule has 1 unspecified atom stereocenters. The van der Waals surface area contributed by atoms with E-state index in [1.54, 1.807) is 0 Å². The van der Waals surface area contributed by atoms with E-state index in [1.165, 1.54) is 50.1 Å². The van der Waals surface area contributed by atoms with Crippen LogP contribution in [0.3, 0.4) is 0 Å². The van der Waals surface area contributed by atoms with Gasteiger partial charge in [-0.15, -0.1) is 0 Å². The molecule has 2 heteroatoms. The molecule has 5 aromatic carbocycles. The molecule has 5 aromatic rings. The lowest BCUT2D eigenvalue weighted by atomic mass is 9.81. The van der Waals surface area contributed by atoms with Crippen molar-refractivity contribution in [3.8, 4) is 22.3 Å². The lowest BCUT2D eigenvalue weighted by Crippen LogP contribution is -2.15. The molecule has 0 heterocycles. The van der Waals surface area contributed by atoms with Crippen LogP contribution in [0.1, 0.15) is 48.4 Å². The van der Waals surface area contributed by atoms with Gasteiger partial charge in [0.2, 0.25) is 0 Å². The molecule has 2 aliphatic rings. The molecule has 0 saturated heterocycles. The van der Waals surface area contributed by atoms with Gasteiger partial charge in [0.1, 0.15) is 0 Å². The molecule has 3 N–H and O–H groups in total. The molecule has 2 aliphatic carbocycles. The maximum Gasteiger partial charge on any atom is 0.0467 e. The predicted octanol–water partition coefficient (Wildman–Crippen LogP) is 9.82. The summed E-state index contributed by atoms with van der Waals surface area (Å²) in [5.74, 6) is 0.261. The Hall–Kier alpha value is -4.82. The van der Waals surface area contributed by atoms with Crippen molar-refractivity contribution < 1.29 is 0 Å². The number of para-hydroxylation sites is 1. The minimum absolute atomic E-state index is 0.0631. The zero-order valence-corrected chi connectivity index (χ0v) is 23.6. The number of hydrogen-bond donors (Lipinski definition) is 2. The van der Waals surface area contributed by atoms with Crippen molar-refractivity contribution in [2.45, 2.75) is 31.6 Å². The number of nitrogens with two attached hydrogens (primary N) is 1. The van der Waals surface area contributed by atoms with E-state index in [9.17, 15) is 0 Å². The van der Waals surface area contributed by atoms with Gasteiger partial charge in [0.15, 0.2) is 0 Å². The lowest BCUT2D eigenvalue weighted by molar-refractivity contribution is 0.660. The predicted molar refractivity (Wildman–Crippen MR) is 173 cm³/mol. The number of fused-ring (bicyclic) bond motifs is 3. The van der Waals surface area contributed by atoms with Crippen molar-refractivity contribution in [3.63, 3.8) is 0 Å². The van der Waals surface area contributed by atoms with E-state index in [-0.39, 0.29) is 11.3 Å². The number of anilines is 2. The Morgan fingerprint density at radius 2 is 1.37 bits per heavy atom. The van der Waals surface area contributed by atoms with E-state index in [0.29, 0.717) is 0 Å². The fourth-order valence-corrected chi connectivity index (χ4v) is 6.58. The van der Waals surface area contributed by atoms with Gasteiger partial charge in [-0.05, 0) is 81.3 Å². The first-order chi connectivity index (χ1) is 20.0. The van der Waals surface area contributed by atoms with E-state index in [4.69, 9.17) is 5.73 Å². The van der Waals surface area contributed by atoms with Crippen molar-refractivity contribution in [2.24, 2.45) is 5.73 Å². The third-order valence-electron chi connectivity index (χ3n) is 8.80. The highest BCUT2D eigenvalue weighted by atomic mass is 14.9. The number of hydrogen-bond acceptors (Lipinski definition) is 2. The zero-order valence-electron chi connectivity index (χ0n) is 23.6. The fraction of sp³-hybridized carbons (Fsp3) is 0.128. The van der Waals surface area contributed by atoms with Crippen molar-refractivity contribution in [2.75, 3.05) is 5.32 Å². The van der Waals surface area contributed by atoms with Crippen molar-refractivity contribution in [1.29, 1.82) is 0 Å². The van der Waals surface area contributed by atoms with Crippen LogP contribution < -0.4 is 11.1 Å². The smallest absolute Gasteiger partial charge is 0.0467 e. The van der Waals surface area contributed by atoms with Gasteiger partial charge in [0.25, 0.3) is 0 Å². The molecule has 0 aromatic heterocycles. The molecule has 0 bridgehead atoms. The molecule has 0 aliphatic heterocycles. The maximum atomic E-state index is 6.46. The largest absolute Gasteiger partial charge is 0.398 e. The first kappa shape index (κ1) is 25.2. The zero-order chi connectivity index (χ0) is 28.0. The molecule has 0 amide bonds. The highest BCUT2D eigenvalue weighted by Gasteiger charge is 2.36. The monoisotopic (exact) mass is 530 g/mol. The molecule has 1 atom stereocenters. The summed E-state index contributed by atoms with van der Waals surface area (Å²) >= 11 is 0. The first-order valence-corrected chi connectivity index (χ1v) is 14.4. The highest BCUT2D eigenvalue weighted by molar-refractivity contribution is 5.91. The molecular formula is C39H34N2. The molecule has 200 valence electrons. The van der Waals surface area contributed by atoms with Crippen LogP contribution in [0, 0.1) is 0 Å². The van der Waals surface area contributed by atoms with Gasteiger partial charge in [-0.1, -0.05) is 117 Å². The summed E-state index contributed by atoms with van der Waals surface area (Å²) < 4.78 is 0. The van der Waals surface area contributed by atoms with Crippen molar-refractivity contribution in [3.05, 3.63) is 161 Å². The summed E-state index contributed by atoms with van der Waals surface area (Å²) in [5.41, 5.74) is 21.0. The second kappa shape index (κ2) is 9.98. The van der Waals surface area contributed by atoms with Gasteiger partial charge in [-0.2, -0.15) is 0 Å². The highest BCUT2D eigenvalue weighted by Crippen LogP contribution is 2.51. The SMILES string of the molecule is CC1(C)c2ccccc2-c2cc(-c3cccc(C4C=CC(N)=C(c5ccccc5)C4)c3)c(Nc3ccccc3)cc21. The summed E-state index contributed by atoms with van der Waals surface area (Å²) in [5, 5.41) is 3.76. The number of nitrogens with one attached hydrogen (secondary N) is 1. The maximum absolute atomic E-state index is 6.46. The summed E-state index contributed by atoms with van der Waals surface area (Å²) in [4.78, 5) is 0. The second-order valence-corrected chi connectivity index (χ2v) is 11.7. The van der Waals surface area contributed by atoms with Crippen LogP contribution in [-0.4, -0.2) is 0 Å². The van der Waals surface area contributed by atoms with Crippen LogP contribution in [0.4, 0.5) is 11.4 Å². The number of allylic oxidation sites excluding steroid dienone is 3. The Morgan fingerprint density at radius 1 is 0.659 bits per heavy atom. The lowest BCUT2D eigenvalue weighted by Gasteiger charge is -2.24. The number of benzene rings is 5. The van der Waals surface area contributed by atoms with Gasteiger partial charge in [0.05, 0.1) is 0 Å². The van der Waals surface area contributed by atoms with Gasteiger partial charge < -0.3 is 11.1 Å². The minimum atomic E-state index is -0.0631. The van der Waals surface area contributed by atoms with E-state index < -0.39 is 0 Å².